The van der Waals surface area contributed by atoms with E-state index in [9.17, 15) is 21.6 Å². The van der Waals surface area contributed by atoms with E-state index < -0.39 is 16.4 Å². The molecule has 1 aliphatic carbocycles. The number of anilines is 1. The summed E-state index contributed by atoms with van der Waals surface area (Å²) in [4.78, 5) is 3.90. The molecule has 2 rings (SSSR count). The second kappa shape index (κ2) is 8.58. The van der Waals surface area contributed by atoms with Crippen molar-refractivity contribution < 1.29 is 26.3 Å². The molecule has 1 fully saturated rings. The van der Waals surface area contributed by atoms with E-state index in [0.29, 0.717) is 18.2 Å². The zero-order valence-electron chi connectivity index (χ0n) is 13.9. The van der Waals surface area contributed by atoms with Crippen molar-refractivity contribution in [3.63, 3.8) is 0 Å². The van der Waals surface area contributed by atoms with E-state index in [4.69, 9.17) is 5.73 Å². The van der Waals surface area contributed by atoms with Crippen LogP contribution in [0.25, 0.3) is 0 Å². The molecule has 0 amide bonds. The first-order valence-corrected chi connectivity index (χ1v) is 9.68. The van der Waals surface area contributed by atoms with Crippen molar-refractivity contribution in [3.8, 4) is 5.75 Å². The zero-order chi connectivity index (χ0) is 19.2. The van der Waals surface area contributed by atoms with E-state index in [-0.39, 0.29) is 24.0 Å². The predicted octanol–water partition coefficient (Wildman–Crippen LogP) is 2.03. The van der Waals surface area contributed by atoms with Crippen LogP contribution < -0.4 is 20.5 Å². The number of rotatable bonds is 8. The minimum Gasteiger partial charge on any atom is -0.406 e. The van der Waals surface area contributed by atoms with Gasteiger partial charge in [-0.25, -0.2) is 13.1 Å². The van der Waals surface area contributed by atoms with Gasteiger partial charge in [0.25, 0.3) is 0 Å². The summed E-state index contributed by atoms with van der Waals surface area (Å²) in [5.41, 5.74) is 6.04. The molecule has 4 N–H and O–H groups in total. The molecule has 0 heterocycles. The van der Waals surface area contributed by atoms with Crippen LogP contribution >= 0.6 is 0 Å². The maximum atomic E-state index is 12.1. The Labute approximate surface area is 149 Å². The first-order chi connectivity index (χ1) is 12.1. The summed E-state index contributed by atoms with van der Waals surface area (Å²) in [6.07, 6.45) is -1.52. The number of nitrogens with two attached hydrogens (primary N) is 1. The van der Waals surface area contributed by atoms with E-state index in [1.165, 1.54) is 12.1 Å². The van der Waals surface area contributed by atoms with Gasteiger partial charge in [-0.15, -0.1) is 13.2 Å². The number of nitrogens with zero attached hydrogens (tertiary/aromatic N) is 1. The molecule has 0 aromatic heterocycles. The average molecular weight is 394 g/mol. The van der Waals surface area contributed by atoms with E-state index in [0.717, 1.165) is 31.4 Å². The highest BCUT2D eigenvalue weighted by Gasteiger charge is 2.30. The molecule has 1 aromatic rings. The normalized spacial score (nSPS) is 16.2. The van der Waals surface area contributed by atoms with Crippen molar-refractivity contribution in [2.75, 3.05) is 24.2 Å². The van der Waals surface area contributed by atoms with E-state index in [1.807, 2.05) is 0 Å². The Balaban J connectivity index is 1.76. The van der Waals surface area contributed by atoms with E-state index in [2.05, 4.69) is 19.8 Å². The molecule has 7 nitrogen and oxygen atoms in total. The SMILES string of the molecule is NC(=NCCS(=O)(=O)NCC1CCC1)Nc1ccc(OC(F)(F)F)cc1. The van der Waals surface area contributed by atoms with Gasteiger partial charge in [-0.05, 0) is 43.0 Å². The van der Waals surface area contributed by atoms with E-state index in [1.54, 1.807) is 0 Å². The lowest BCUT2D eigenvalue weighted by Gasteiger charge is -2.25. The molecule has 0 spiro atoms. The highest BCUT2D eigenvalue weighted by atomic mass is 32.2. The lowest BCUT2D eigenvalue weighted by molar-refractivity contribution is -0.274. The summed E-state index contributed by atoms with van der Waals surface area (Å²) in [5.74, 6) is -0.171. The molecule has 0 atom stereocenters. The average Bonchev–Trinajstić information content (AvgIpc) is 2.46. The Hall–Kier alpha value is -2.01. The molecule has 0 aliphatic heterocycles. The second-order valence-electron chi connectivity index (χ2n) is 5.93. The zero-order valence-corrected chi connectivity index (χ0v) is 14.7. The Bertz CT molecular complexity index is 717. The predicted molar refractivity (Wildman–Crippen MR) is 92.4 cm³/mol. The van der Waals surface area contributed by atoms with Crippen molar-refractivity contribution in [1.82, 2.24) is 4.72 Å². The van der Waals surface area contributed by atoms with Gasteiger partial charge in [0.2, 0.25) is 10.0 Å². The number of nitrogens with one attached hydrogen (secondary N) is 2. The minimum absolute atomic E-state index is 0.0336. The monoisotopic (exact) mass is 394 g/mol. The highest BCUT2D eigenvalue weighted by molar-refractivity contribution is 7.89. The number of hydrogen-bond acceptors (Lipinski definition) is 4. The number of guanidine groups is 1. The van der Waals surface area contributed by atoms with Crippen LogP contribution in [0.15, 0.2) is 29.3 Å². The highest BCUT2D eigenvalue weighted by Crippen LogP contribution is 2.25. The summed E-state index contributed by atoms with van der Waals surface area (Å²) >= 11 is 0. The van der Waals surface area contributed by atoms with Gasteiger partial charge in [-0.2, -0.15) is 0 Å². The lowest BCUT2D eigenvalue weighted by Crippen LogP contribution is -2.34. The fourth-order valence-corrected chi connectivity index (χ4v) is 3.19. The molecule has 1 aromatic carbocycles. The third-order valence-corrected chi connectivity index (χ3v) is 5.15. The van der Waals surface area contributed by atoms with Gasteiger partial charge in [-0.3, -0.25) is 4.99 Å². The van der Waals surface area contributed by atoms with Crippen LogP contribution in [0.4, 0.5) is 18.9 Å². The minimum atomic E-state index is -4.76. The fraction of sp³-hybridized carbons (Fsp3) is 0.533. The van der Waals surface area contributed by atoms with Gasteiger partial charge >= 0.3 is 6.36 Å². The van der Waals surface area contributed by atoms with Crippen LogP contribution in [0.2, 0.25) is 0 Å². The first kappa shape index (κ1) is 20.3. The molecule has 0 unspecified atom stereocenters. The summed E-state index contributed by atoms with van der Waals surface area (Å²) in [5, 5.41) is 2.66. The number of hydrogen-bond donors (Lipinski definition) is 3. The Kier molecular flexibility index (Phi) is 6.70. The lowest BCUT2D eigenvalue weighted by atomic mass is 9.86. The van der Waals surface area contributed by atoms with E-state index >= 15 is 0 Å². The summed E-state index contributed by atoms with van der Waals surface area (Å²) < 4.78 is 66.2. The molecule has 26 heavy (non-hydrogen) atoms. The molecule has 0 saturated heterocycles. The fourth-order valence-electron chi connectivity index (χ4n) is 2.23. The summed E-state index contributed by atoms with van der Waals surface area (Å²) in [6.45, 7) is 0.417. The van der Waals surface area contributed by atoms with Crippen molar-refractivity contribution in [2.24, 2.45) is 16.6 Å². The molecule has 1 saturated carbocycles. The van der Waals surface area contributed by atoms with Crippen molar-refractivity contribution >= 4 is 21.7 Å². The number of sulfonamides is 1. The van der Waals surface area contributed by atoms with Gasteiger partial charge in [0, 0.05) is 12.2 Å². The summed E-state index contributed by atoms with van der Waals surface area (Å²) in [6, 6.07) is 4.91. The molecular weight excluding hydrogens is 373 g/mol. The molecule has 0 bridgehead atoms. The van der Waals surface area contributed by atoms with Crippen molar-refractivity contribution in [2.45, 2.75) is 25.6 Å². The molecule has 0 radical (unpaired) electrons. The number of alkyl halides is 3. The topological polar surface area (TPSA) is 106 Å². The van der Waals surface area contributed by atoms with Crippen LogP contribution in [-0.2, 0) is 10.0 Å². The summed E-state index contributed by atoms with van der Waals surface area (Å²) in [7, 11) is -3.41. The van der Waals surface area contributed by atoms with Crippen LogP contribution in [0, 0.1) is 5.92 Å². The van der Waals surface area contributed by atoms with Crippen LogP contribution in [0.5, 0.6) is 5.75 Å². The Morgan fingerprint density at radius 1 is 1.27 bits per heavy atom. The van der Waals surface area contributed by atoms with Gasteiger partial charge in [0.15, 0.2) is 5.96 Å². The number of halogens is 3. The van der Waals surface area contributed by atoms with Gasteiger partial charge in [0.05, 0.1) is 12.3 Å². The smallest absolute Gasteiger partial charge is 0.406 e. The van der Waals surface area contributed by atoms with Crippen LogP contribution in [-0.4, -0.2) is 39.6 Å². The number of benzene rings is 1. The van der Waals surface area contributed by atoms with Gasteiger partial charge in [0.1, 0.15) is 5.75 Å². The van der Waals surface area contributed by atoms with Crippen LogP contribution in [0.3, 0.4) is 0 Å². The maximum Gasteiger partial charge on any atom is 0.573 e. The number of aliphatic imine (C=N–C) groups is 1. The van der Waals surface area contributed by atoms with Gasteiger partial charge < -0.3 is 15.8 Å². The Morgan fingerprint density at radius 3 is 2.46 bits per heavy atom. The number of ether oxygens (including phenoxy) is 1. The Morgan fingerprint density at radius 2 is 1.92 bits per heavy atom. The van der Waals surface area contributed by atoms with Crippen molar-refractivity contribution in [1.29, 1.82) is 0 Å². The second-order valence-corrected chi connectivity index (χ2v) is 7.85. The quantitative estimate of drug-likeness (QED) is 0.462. The van der Waals surface area contributed by atoms with Gasteiger partial charge in [-0.1, -0.05) is 6.42 Å². The standard InChI is InChI=1S/C15H21F3N4O3S/c16-15(17,18)25-13-6-4-12(5-7-13)22-14(19)20-8-9-26(23,24)21-10-11-2-1-3-11/h4-7,11,21H,1-3,8-10H2,(H3,19,20,22). The molecule has 146 valence electrons. The van der Waals surface area contributed by atoms with Crippen LogP contribution in [0.1, 0.15) is 19.3 Å². The maximum absolute atomic E-state index is 12.1. The van der Waals surface area contributed by atoms with Crippen molar-refractivity contribution in [3.05, 3.63) is 24.3 Å². The third-order valence-electron chi connectivity index (χ3n) is 3.82. The third kappa shape index (κ3) is 7.48. The molecule has 11 heteroatoms. The largest absolute Gasteiger partial charge is 0.573 e. The molecule has 1 aliphatic rings. The first-order valence-electron chi connectivity index (χ1n) is 8.03. The molecular formula is C15H21F3N4O3S.